The number of nitrogens with one attached hydrogen (secondary N) is 1. The molecular weight excluding hydrogens is 304 g/mol. The highest BCUT2D eigenvalue weighted by atomic mass is 16.1. The van der Waals surface area contributed by atoms with Crippen molar-refractivity contribution in [1.82, 2.24) is 19.4 Å². The van der Waals surface area contributed by atoms with E-state index in [2.05, 4.69) is 33.1 Å². The first-order valence-electron chi connectivity index (χ1n) is 8.02. The lowest BCUT2D eigenvalue weighted by atomic mass is 10.2. The number of nitriles is 1. The van der Waals surface area contributed by atoms with E-state index in [1.165, 1.54) is 10.9 Å². The summed E-state index contributed by atoms with van der Waals surface area (Å²) in [6, 6.07) is 2.26. The van der Waals surface area contributed by atoms with Crippen LogP contribution in [-0.4, -0.2) is 40.3 Å². The van der Waals surface area contributed by atoms with Crippen molar-refractivity contribution < 1.29 is 0 Å². The van der Waals surface area contributed by atoms with E-state index in [-0.39, 0.29) is 5.56 Å². The second kappa shape index (κ2) is 6.77. The van der Waals surface area contributed by atoms with Crippen LogP contribution in [0.4, 0.5) is 5.82 Å². The molecule has 1 N–H and O–H groups in total. The predicted molar refractivity (Wildman–Crippen MR) is 92.8 cm³/mol. The number of fused-ring (bicyclic) bond motifs is 1. The van der Waals surface area contributed by atoms with Gasteiger partial charge < -0.3 is 19.4 Å². The summed E-state index contributed by atoms with van der Waals surface area (Å²) in [6.07, 6.45) is 2.45. The molecule has 0 aromatic carbocycles. The highest BCUT2D eigenvalue weighted by molar-refractivity contribution is 5.89. The van der Waals surface area contributed by atoms with Gasteiger partial charge in [-0.25, -0.2) is 4.98 Å². The van der Waals surface area contributed by atoms with E-state index in [1.54, 1.807) is 14.0 Å². The minimum Gasteiger partial charge on any atom is -0.355 e. The van der Waals surface area contributed by atoms with Crippen LogP contribution in [0, 0.1) is 23.2 Å². The second-order valence-electron chi connectivity index (χ2n) is 5.77. The molecule has 0 aliphatic carbocycles. The van der Waals surface area contributed by atoms with Gasteiger partial charge in [0.1, 0.15) is 28.5 Å². The molecule has 3 heterocycles. The van der Waals surface area contributed by atoms with Gasteiger partial charge in [0, 0.05) is 26.7 Å². The first kappa shape index (κ1) is 16.1. The van der Waals surface area contributed by atoms with Gasteiger partial charge in [0.15, 0.2) is 0 Å². The van der Waals surface area contributed by atoms with Crippen molar-refractivity contribution in [2.45, 2.75) is 19.9 Å². The van der Waals surface area contributed by atoms with E-state index in [0.717, 1.165) is 38.4 Å². The van der Waals surface area contributed by atoms with Crippen molar-refractivity contribution in [1.29, 1.82) is 5.26 Å². The second-order valence-corrected chi connectivity index (χ2v) is 5.77. The SMILES string of the molecule is CC#CCn1c(N2CCCNCC2)c(C#N)c2ncn(C)c(=O)c21. The third kappa shape index (κ3) is 2.64. The Bertz CT molecular complexity index is 913. The Balaban J connectivity index is 2.32. The summed E-state index contributed by atoms with van der Waals surface area (Å²) in [7, 11) is 1.67. The Labute approximate surface area is 140 Å². The summed E-state index contributed by atoms with van der Waals surface area (Å²) in [6.45, 7) is 5.55. The van der Waals surface area contributed by atoms with Crippen LogP contribution in [0.3, 0.4) is 0 Å². The van der Waals surface area contributed by atoms with E-state index in [4.69, 9.17) is 0 Å². The Hall–Kier alpha value is -2.77. The van der Waals surface area contributed by atoms with Gasteiger partial charge >= 0.3 is 0 Å². The van der Waals surface area contributed by atoms with Crippen molar-refractivity contribution >= 4 is 16.9 Å². The first-order valence-corrected chi connectivity index (χ1v) is 8.02. The number of nitrogens with zero attached hydrogens (tertiary/aromatic N) is 5. The van der Waals surface area contributed by atoms with Gasteiger partial charge in [-0.1, -0.05) is 5.92 Å². The number of rotatable bonds is 2. The quantitative estimate of drug-likeness (QED) is 0.811. The largest absolute Gasteiger partial charge is 0.355 e. The molecule has 2 aromatic heterocycles. The maximum atomic E-state index is 12.7. The van der Waals surface area contributed by atoms with Crippen LogP contribution < -0.4 is 15.8 Å². The minimum atomic E-state index is -0.159. The summed E-state index contributed by atoms with van der Waals surface area (Å²) in [5.74, 6) is 6.65. The smallest absolute Gasteiger partial charge is 0.277 e. The molecule has 0 saturated carbocycles. The summed E-state index contributed by atoms with van der Waals surface area (Å²) in [4.78, 5) is 19.2. The average molecular weight is 324 g/mol. The van der Waals surface area contributed by atoms with Crippen LogP contribution in [0.2, 0.25) is 0 Å². The minimum absolute atomic E-state index is 0.159. The predicted octanol–water partition coefficient (Wildman–Crippen LogP) is 0.430. The molecule has 7 nitrogen and oxygen atoms in total. The van der Waals surface area contributed by atoms with Crippen LogP contribution in [0.15, 0.2) is 11.1 Å². The molecule has 1 saturated heterocycles. The fraction of sp³-hybridized carbons (Fsp3) is 0.471. The van der Waals surface area contributed by atoms with Gasteiger partial charge in [0.05, 0.1) is 12.9 Å². The van der Waals surface area contributed by atoms with Crippen LogP contribution in [0.1, 0.15) is 18.9 Å². The molecule has 0 spiro atoms. The number of aromatic nitrogens is 3. The number of anilines is 1. The Morgan fingerprint density at radius 3 is 2.96 bits per heavy atom. The summed E-state index contributed by atoms with van der Waals surface area (Å²) >= 11 is 0. The molecule has 1 aliphatic heterocycles. The normalized spacial score (nSPS) is 14.8. The van der Waals surface area contributed by atoms with Crippen molar-refractivity contribution in [2.75, 3.05) is 31.1 Å². The molecule has 0 unspecified atom stereocenters. The zero-order valence-electron chi connectivity index (χ0n) is 14.0. The van der Waals surface area contributed by atoms with Crippen LogP contribution in [0.25, 0.3) is 11.0 Å². The zero-order chi connectivity index (χ0) is 17.1. The molecule has 1 fully saturated rings. The van der Waals surface area contributed by atoms with Gasteiger partial charge in [-0.2, -0.15) is 5.26 Å². The first-order chi connectivity index (χ1) is 11.7. The molecule has 2 aromatic rings. The van der Waals surface area contributed by atoms with Crippen molar-refractivity contribution in [3.05, 3.63) is 22.2 Å². The lowest BCUT2D eigenvalue weighted by Crippen LogP contribution is -2.30. The molecule has 7 heteroatoms. The molecular formula is C17H20N6O. The maximum Gasteiger partial charge on any atom is 0.277 e. The van der Waals surface area contributed by atoms with Gasteiger partial charge in [0.25, 0.3) is 5.56 Å². The number of hydrogen-bond acceptors (Lipinski definition) is 5. The Morgan fingerprint density at radius 1 is 1.38 bits per heavy atom. The fourth-order valence-electron chi connectivity index (χ4n) is 3.10. The Morgan fingerprint density at radius 2 is 2.21 bits per heavy atom. The van der Waals surface area contributed by atoms with E-state index < -0.39 is 0 Å². The maximum absolute atomic E-state index is 12.7. The zero-order valence-corrected chi connectivity index (χ0v) is 14.0. The molecule has 1 aliphatic rings. The molecule has 124 valence electrons. The van der Waals surface area contributed by atoms with E-state index in [0.29, 0.717) is 23.1 Å². The topological polar surface area (TPSA) is 78.9 Å². The lowest BCUT2D eigenvalue weighted by molar-refractivity contribution is 0.724. The average Bonchev–Trinajstić information content (AvgIpc) is 2.74. The monoisotopic (exact) mass is 324 g/mol. The lowest BCUT2D eigenvalue weighted by Gasteiger charge is -2.24. The summed E-state index contributed by atoms with van der Waals surface area (Å²) in [5, 5.41) is 13.1. The van der Waals surface area contributed by atoms with Gasteiger partial charge in [-0.3, -0.25) is 4.79 Å². The van der Waals surface area contributed by atoms with Crippen molar-refractivity contribution in [3.63, 3.8) is 0 Å². The van der Waals surface area contributed by atoms with Gasteiger partial charge in [-0.05, 0) is 19.9 Å². The molecule has 0 amide bonds. The number of hydrogen-bond donors (Lipinski definition) is 1. The third-order valence-electron chi connectivity index (χ3n) is 4.26. The number of aryl methyl sites for hydroxylation is 1. The van der Waals surface area contributed by atoms with Crippen LogP contribution in [-0.2, 0) is 13.6 Å². The third-order valence-corrected chi connectivity index (χ3v) is 4.26. The van der Waals surface area contributed by atoms with Crippen molar-refractivity contribution in [3.8, 4) is 17.9 Å². The van der Waals surface area contributed by atoms with E-state index in [9.17, 15) is 10.1 Å². The summed E-state index contributed by atoms with van der Waals surface area (Å²) in [5.41, 5.74) is 1.22. The van der Waals surface area contributed by atoms with Crippen LogP contribution >= 0.6 is 0 Å². The molecule has 0 atom stereocenters. The molecule has 0 bridgehead atoms. The van der Waals surface area contributed by atoms with Crippen molar-refractivity contribution in [2.24, 2.45) is 7.05 Å². The summed E-state index contributed by atoms with van der Waals surface area (Å²) < 4.78 is 3.29. The van der Waals surface area contributed by atoms with Gasteiger partial charge in [-0.15, -0.1) is 5.92 Å². The molecule has 24 heavy (non-hydrogen) atoms. The standard InChI is InChI=1S/C17H20N6O/c1-3-4-9-23-15-14(20-12-21(2)17(15)24)13(11-18)16(23)22-8-5-6-19-7-10-22/h12,19H,5-10H2,1-2H3. The van der Waals surface area contributed by atoms with Gasteiger partial charge in [0.2, 0.25) is 0 Å². The fourth-order valence-corrected chi connectivity index (χ4v) is 3.10. The Kier molecular flexibility index (Phi) is 4.54. The molecule has 3 rings (SSSR count). The van der Waals surface area contributed by atoms with Crippen LogP contribution in [0.5, 0.6) is 0 Å². The highest BCUT2D eigenvalue weighted by Crippen LogP contribution is 2.29. The molecule has 0 radical (unpaired) electrons. The highest BCUT2D eigenvalue weighted by Gasteiger charge is 2.25. The van der Waals surface area contributed by atoms with E-state index in [1.807, 2.05) is 4.57 Å². The van der Waals surface area contributed by atoms with E-state index >= 15 is 0 Å².